The third-order valence-electron chi connectivity index (χ3n) is 2.31. The molecule has 2 rings (SSSR count). The number of hydrazone groups is 1. The molecule has 4 nitrogen and oxygen atoms in total. The molecule has 15 heavy (non-hydrogen) atoms. The Hall–Kier alpha value is -1.07. The molecule has 0 fully saturated rings. The molecule has 0 atom stereocenters. The molecule has 0 radical (unpaired) electrons. The normalized spacial score (nSPS) is 14.3. The Morgan fingerprint density at radius 3 is 3.13 bits per heavy atom. The van der Waals surface area contributed by atoms with Crippen LogP contribution in [0.25, 0.3) is 0 Å². The highest BCUT2D eigenvalue weighted by molar-refractivity contribution is 6.68. The van der Waals surface area contributed by atoms with Gasteiger partial charge in [0, 0.05) is 18.2 Å². The highest BCUT2D eigenvalue weighted by atomic mass is 35.5. The number of hydrogen-bond donors (Lipinski definition) is 1. The van der Waals surface area contributed by atoms with Crippen molar-refractivity contribution in [3.05, 3.63) is 23.0 Å². The third kappa shape index (κ3) is 1.85. The number of pyridine rings is 1. The summed E-state index contributed by atoms with van der Waals surface area (Å²) in [5.41, 5.74) is 1.47. The predicted octanol–water partition coefficient (Wildman–Crippen LogP) is 0.482. The lowest BCUT2D eigenvalue weighted by molar-refractivity contribution is 0.386. The fraction of sp³-hybridized carbons (Fsp3) is 0.333. The van der Waals surface area contributed by atoms with E-state index in [1.54, 1.807) is 23.4 Å². The second-order valence-electron chi connectivity index (χ2n) is 3.39. The Morgan fingerprint density at radius 2 is 2.40 bits per heavy atom. The zero-order valence-electron chi connectivity index (χ0n) is 8.39. The first kappa shape index (κ1) is 10.5. The molecule has 0 aliphatic carbocycles. The van der Waals surface area contributed by atoms with Crippen molar-refractivity contribution in [2.75, 3.05) is 6.54 Å². The fourth-order valence-corrected chi connectivity index (χ4v) is 1.85. The van der Waals surface area contributed by atoms with Crippen LogP contribution in [0.3, 0.4) is 0 Å². The van der Waals surface area contributed by atoms with E-state index < -0.39 is 7.05 Å². The van der Waals surface area contributed by atoms with E-state index in [0.717, 1.165) is 12.0 Å². The van der Waals surface area contributed by atoms with Gasteiger partial charge in [-0.05, 0) is 18.1 Å². The molecule has 0 aromatic carbocycles. The Labute approximate surface area is 93.7 Å². The summed E-state index contributed by atoms with van der Waals surface area (Å²) < 4.78 is 0. The highest BCUT2D eigenvalue weighted by Crippen LogP contribution is 2.11. The summed E-state index contributed by atoms with van der Waals surface area (Å²) in [5, 5.41) is 14.5. The van der Waals surface area contributed by atoms with Crippen LogP contribution in [0, 0.1) is 0 Å². The van der Waals surface area contributed by atoms with Gasteiger partial charge < -0.3 is 9.94 Å². The molecule has 0 unspecified atom stereocenters. The quantitative estimate of drug-likeness (QED) is 0.586. The monoisotopic (exact) mass is 223 g/mol. The Balaban J connectivity index is 2.39. The molecule has 0 bridgehead atoms. The standard InChI is InChI=1S/C9H11BClN3O/c1-2-5-14-10(15)8-7(6-13-14)3-4-12-9(8)11/h3-4,6,15H,2,5H2,1H3. The fourth-order valence-electron chi connectivity index (χ4n) is 1.59. The van der Waals surface area contributed by atoms with Crippen LogP contribution in [0.5, 0.6) is 0 Å². The average Bonchev–Trinajstić information content (AvgIpc) is 2.22. The second-order valence-corrected chi connectivity index (χ2v) is 3.74. The van der Waals surface area contributed by atoms with Crippen molar-refractivity contribution in [3.8, 4) is 0 Å². The zero-order chi connectivity index (χ0) is 10.8. The van der Waals surface area contributed by atoms with Gasteiger partial charge in [-0.1, -0.05) is 18.5 Å². The van der Waals surface area contributed by atoms with E-state index in [1.165, 1.54) is 0 Å². The number of aromatic nitrogens is 1. The number of fused-ring (bicyclic) bond motifs is 1. The highest BCUT2D eigenvalue weighted by Gasteiger charge is 2.31. The van der Waals surface area contributed by atoms with Crippen LogP contribution in [0.1, 0.15) is 18.9 Å². The molecule has 6 heteroatoms. The van der Waals surface area contributed by atoms with Crippen molar-refractivity contribution < 1.29 is 5.02 Å². The number of halogens is 1. The van der Waals surface area contributed by atoms with Crippen LogP contribution >= 0.6 is 11.6 Å². The van der Waals surface area contributed by atoms with E-state index in [0.29, 0.717) is 17.2 Å². The Kier molecular flexibility index (Phi) is 2.93. The predicted molar refractivity (Wildman–Crippen MR) is 61.4 cm³/mol. The Morgan fingerprint density at radius 1 is 1.60 bits per heavy atom. The van der Waals surface area contributed by atoms with Gasteiger partial charge in [0.15, 0.2) is 0 Å². The first-order valence-corrected chi connectivity index (χ1v) is 5.25. The van der Waals surface area contributed by atoms with Gasteiger partial charge in [0.1, 0.15) is 5.15 Å². The van der Waals surface area contributed by atoms with Crippen molar-refractivity contribution in [1.82, 2.24) is 9.90 Å². The summed E-state index contributed by atoms with van der Waals surface area (Å²) in [4.78, 5) is 5.56. The van der Waals surface area contributed by atoms with Crippen LogP contribution < -0.4 is 5.46 Å². The topological polar surface area (TPSA) is 48.7 Å². The molecule has 78 valence electrons. The minimum absolute atomic E-state index is 0.340. The van der Waals surface area contributed by atoms with E-state index in [9.17, 15) is 5.02 Å². The summed E-state index contributed by atoms with van der Waals surface area (Å²) in [6, 6.07) is 1.79. The van der Waals surface area contributed by atoms with E-state index in [2.05, 4.69) is 10.1 Å². The van der Waals surface area contributed by atoms with Gasteiger partial charge >= 0.3 is 7.05 Å². The molecule has 0 saturated carbocycles. The lowest BCUT2D eigenvalue weighted by Gasteiger charge is -2.26. The first-order chi connectivity index (χ1) is 7.24. The summed E-state index contributed by atoms with van der Waals surface area (Å²) in [5.74, 6) is 0. The number of rotatable bonds is 2. The molecule has 0 spiro atoms. The van der Waals surface area contributed by atoms with Gasteiger partial charge in [-0.2, -0.15) is 5.10 Å². The van der Waals surface area contributed by atoms with Crippen LogP contribution in [0.4, 0.5) is 0 Å². The summed E-state index contributed by atoms with van der Waals surface area (Å²) in [7, 11) is -0.786. The molecular formula is C9H11BClN3O. The van der Waals surface area contributed by atoms with Crippen molar-refractivity contribution in [2.45, 2.75) is 13.3 Å². The van der Waals surface area contributed by atoms with E-state index >= 15 is 0 Å². The maximum atomic E-state index is 10.0. The molecular weight excluding hydrogens is 212 g/mol. The van der Waals surface area contributed by atoms with Crippen molar-refractivity contribution in [3.63, 3.8) is 0 Å². The summed E-state index contributed by atoms with van der Waals surface area (Å²) in [6.45, 7) is 2.73. The first-order valence-electron chi connectivity index (χ1n) is 4.87. The van der Waals surface area contributed by atoms with Crippen LogP contribution in [-0.4, -0.2) is 34.7 Å². The molecule has 0 amide bonds. The molecule has 1 aliphatic heterocycles. The molecule has 1 aromatic heterocycles. The molecule has 1 aromatic rings. The van der Waals surface area contributed by atoms with Crippen LogP contribution in [0.15, 0.2) is 17.4 Å². The molecule has 0 saturated heterocycles. The Bertz CT molecular complexity index is 399. The average molecular weight is 223 g/mol. The smallest absolute Gasteiger partial charge is 0.428 e. The summed E-state index contributed by atoms with van der Waals surface area (Å²) >= 11 is 5.94. The van der Waals surface area contributed by atoms with Crippen molar-refractivity contribution >= 4 is 30.3 Å². The largest absolute Gasteiger partial charge is 0.469 e. The van der Waals surface area contributed by atoms with E-state index in [1.807, 2.05) is 6.92 Å². The number of nitrogens with zero attached hydrogens (tertiary/aromatic N) is 3. The zero-order valence-corrected chi connectivity index (χ0v) is 9.15. The van der Waals surface area contributed by atoms with Crippen molar-refractivity contribution in [2.24, 2.45) is 5.10 Å². The SMILES string of the molecule is CCCN1N=Cc2ccnc(Cl)c2B1O. The van der Waals surface area contributed by atoms with Gasteiger partial charge in [0.05, 0.1) is 6.21 Å². The third-order valence-corrected chi connectivity index (χ3v) is 2.61. The lowest BCUT2D eigenvalue weighted by Crippen LogP contribution is -2.50. The molecule has 2 heterocycles. The van der Waals surface area contributed by atoms with Crippen LogP contribution in [0.2, 0.25) is 5.15 Å². The number of hydrogen-bond acceptors (Lipinski definition) is 4. The van der Waals surface area contributed by atoms with Crippen LogP contribution in [-0.2, 0) is 0 Å². The molecule has 1 N–H and O–H groups in total. The molecule has 1 aliphatic rings. The minimum Gasteiger partial charge on any atom is -0.428 e. The van der Waals surface area contributed by atoms with Gasteiger partial charge in [0.25, 0.3) is 0 Å². The van der Waals surface area contributed by atoms with E-state index in [-0.39, 0.29) is 0 Å². The van der Waals surface area contributed by atoms with Gasteiger partial charge in [-0.3, -0.25) is 0 Å². The maximum absolute atomic E-state index is 10.0. The van der Waals surface area contributed by atoms with Gasteiger partial charge in [-0.25, -0.2) is 4.98 Å². The summed E-state index contributed by atoms with van der Waals surface area (Å²) in [6.07, 6.45) is 4.22. The van der Waals surface area contributed by atoms with Crippen molar-refractivity contribution in [1.29, 1.82) is 0 Å². The minimum atomic E-state index is -0.786. The van der Waals surface area contributed by atoms with E-state index in [4.69, 9.17) is 11.6 Å². The second kappa shape index (κ2) is 4.20. The lowest BCUT2D eigenvalue weighted by atomic mass is 9.70. The maximum Gasteiger partial charge on any atom is 0.469 e. The van der Waals surface area contributed by atoms with Gasteiger partial charge in [0.2, 0.25) is 0 Å². The van der Waals surface area contributed by atoms with Gasteiger partial charge in [-0.15, -0.1) is 0 Å².